The molecule has 112 valence electrons. The first-order chi connectivity index (χ1) is 10.6. The Morgan fingerprint density at radius 2 is 1.55 bits per heavy atom. The van der Waals surface area contributed by atoms with Crippen LogP contribution < -0.4 is 0 Å². The molecule has 22 heavy (non-hydrogen) atoms. The molecule has 0 unspecified atom stereocenters. The van der Waals surface area contributed by atoms with E-state index in [4.69, 9.17) is 0 Å². The van der Waals surface area contributed by atoms with Gasteiger partial charge in [-0.25, -0.2) is 0 Å². The summed E-state index contributed by atoms with van der Waals surface area (Å²) in [6, 6.07) is 6.45. The van der Waals surface area contributed by atoms with Crippen LogP contribution in [0.15, 0.2) is 41.5 Å². The highest BCUT2D eigenvalue weighted by molar-refractivity contribution is 6.06. The molecule has 1 heterocycles. The maximum Gasteiger partial charge on any atom is 0.254 e. The average molecular weight is 296 g/mol. The summed E-state index contributed by atoms with van der Waals surface area (Å²) in [5.41, 5.74) is 0.731. The van der Waals surface area contributed by atoms with E-state index in [0.29, 0.717) is 0 Å². The fourth-order valence-electron chi connectivity index (χ4n) is 3.86. The van der Waals surface area contributed by atoms with Crippen molar-refractivity contribution in [3.05, 3.63) is 42.0 Å². The zero-order valence-electron chi connectivity index (χ0n) is 11.9. The van der Waals surface area contributed by atoms with Crippen molar-refractivity contribution in [2.45, 2.75) is 12.8 Å². The van der Waals surface area contributed by atoms with Crippen molar-refractivity contribution in [1.82, 2.24) is 5.01 Å². The van der Waals surface area contributed by atoms with Gasteiger partial charge in [-0.05, 0) is 54.5 Å². The second-order valence-corrected chi connectivity index (χ2v) is 6.17. The summed E-state index contributed by atoms with van der Waals surface area (Å²) in [5, 5.41) is 14.4. The van der Waals surface area contributed by atoms with Crippen LogP contribution in [0.2, 0.25) is 0 Å². The summed E-state index contributed by atoms with van der Waals surface area (Å²) in [6.07, 6.45) is 7.64. The molecule has 1 aliphatic heterocycles. The molecule has 5 nitrogen and oxygen atoms in total. The molecular formula is C17H16N2O3. The van der Waals surface area contributed by atoms with E-state index in [9.17, 15) is 14.7 Å². The summed E-state index contributed by atoms with van der Waals surface area (Å²) in [7, 11) is 0. The number of carbonyl (C=O) groups excluding carboxylic acids is 2. The molecule has 2 fully saturated rings. The molecule has 4 aliphatic rings. The minimum Gasteiger partial charge on any atom is -0.508 e. The van der Waals surface area contributed by atoms with Gasteiger partial charge in [0.1, 0.15) is 5.75 Å². The third-order valence-corrected chi connectivity index (χ3v) is 4.95. The summed E-state index contributed by atoms with van der Waals surface area (Å²) < 4.78 is 0. The van der Waals surface area contributed by atoms with Crippen molar-refractivity contribution in [2.75, 3.05) is 0 Å². The van der Waals surface area contributed by atoms with Gasteiger partial charge in [0.2, 0.25) is 0 Å². The van der Waals surface area contributed by atoms with Crippen molar-refractivity contribution in [3.63, 3.8) is 0 Å². The van der Waals surface area contributed by atoms with Gasteiger partial charge in [0.15, 0.2) is 0 Å². The van der Waals surface area contributed by atoms with Crippen LogP contribution in [0, 0.1) is 23.7 Å². The van der Waals surface area contributed by atoms with E-state index in [1.54, 1.807) is 24.3 Å². The number of amides is 2. The molecule has 5 heteroatoms. The highest BCUT2D eigenvalue weighted by atomic mass is 16.3. The molecule has 2 amide bonds. The van der Waals surface area contributed by atoms with Gasteiger partial charge in [-0.15, -0.1) is 0 Å². The third-order valence-electron chi connectivity index (χ3n) is 4.95. The predicted molar refractivity (Wildman–Crippen MR) is 79.9 cm³/mol. The monoisotopic (exact) mass is 296 g/mol. The fraction of sp³-hybridized carbons (Fsp3) is 0.353. The zero-order chi connectivity index (χ0) is 15.3. The molecule has 2 bridgehead atoms. The molecule has 0 radical (unpaired) electrons. The zero-order valence-corrected chi connectivity index (χ0v) is 11.9. The van der Waals surface area contributed by atoms with Gasteiger partial charge < -0.3 is 5.11 Å². The number of hydrogen-bond donors (Lipinski definition) is 1. The quantitative estimate of drug-likeness (QED) is 0.515. The Morgan fingerprint density at radius 3 is 2.05 bits per heavy atom. The van der Waals surface area contributed by atoms with Gasteiger partial charge >= 0.3 is 0 Å². The Hall–Kier alpha value is -2.43. The van der Waals surface area contributed by atoms with Crippen LogP contribution in [0.5, 0.6) is 5.75 Å². The number of phenols is 1. The number of aromatic hydroxyl groups is 1. The van der Waals surface area contributed by atoms with E-state index < -0.39 is 0 Å². The molecule has 1 saturated heterocycles. The van der Waals surface area contributed by atoms with E-state index in [1.807, 2.05) is 0 Å². The van der Waals surface area contributed by atoms with E-state index in [1.165, 1.54) is 6.21 Å². The SMILES string of the molecule is O=C1[C@@H]2[C@H](C(=O)N1/N=C/c1ccc(O)cc1)[C@@H]1C=C[C@@H]2CC1. The van der Waals surface area contributed by atoms with Crippen LogP contribution in [-0.4, -0.2) is 28.1 Å². The van der Waals surface area contributed by atoms with Crippen molar-refractivity contribution in [1.29, 1.82) is 0 Å². The van der Waals surface area contributed by atoms with Gasteiger partial charge in [-0.3, -0.25) is 9.59 Å². The molecule has 1 N–H and O–H groups in total. The van der Waals surface area contributed by atoms with Gasteiger partial charge in [0, 0.05) is 0 Å². The number of rotatable bonds is 2. The molecule has 0 aromatic heterocycles. The standard InChI is InChI=1S/C17H16N2O3/c20-13-7-1-10(2-8-13)9-18-19-16(21)14-11-3-4-12(6-5-11)15(14)17(19)22/h1-4,7-9,11-12,14-15,20H,5-6H2/b18-9+/t11-,12-,14-,15+/m1/s1. The molecule has 5 rings (SSSR count). The van der Waals surface area contributed by atoms with E-state index in [-0.39, 0.29) is 41.2 Å². The number of hydrazone groups is 1. The van der Waals surface area contributed by atoms with Crippen LogP contribution in [0.25, 0.3) is 0 Å². The van der Waals surface area contributed by atoms with E-state index in [2.05, 4.69) is 17.3 Å². The van der Waals surface area contributed by atoms with Gasteiger partial charge in [-0.2, -0.15) is 10.1 Å². The van der Waals surface area contributed by atoms with Crippen molar-refractivity contribution >= 4 is 18.0 Å². The number of allylic oxidation sites excluding steroid dienone is 2. The Bertz CT molecular complexity index is 660. The number of nitrogens with zero attached hydrogens (tertiary/aromatic N) is 2. The summed E-state index contributed by atoms with van der Waals surface area (Å²) >= 11 is 0. The van der Waals surface area contributed by atoms with E-state index >= 15 is 0 Å². The second-order valence-electron chi connectivity index (χ2n) is 6.17. The number of carbonyl (C=O) groups is 2. The molecule has 1 saturated carbocycles. The van der Waals surface area contributed by atoms with Crippen molar-refractivity contribution in [2.24, 2.45) is 28.8 Å². The van der Waals surface area contributed by atoms with Crippen LogP contribution in [0.3, 0.4) is 0 Å². The molecule has 1 aromatic carbocycles. The molecular weight excluding hydrogens is 280 g/mol. The smallest absolute Gasteiger partial charge is 0.254 e. The normalized spacial score (nSPS) is 33.0. The lowest BCUT2D eigenvalue weighted by molar-refractivity contribution is -0.140. The van der Waals surface area contributed by atoms with Crippen LogP contribution in [-0.2, 0) is 9.59 Å². The lowest BCUT2D eigenvalue weighted by Crippen LogP contribution is -2.38. The largest absolute Gasteiger partial charge is 0.508 e. The lowest BCUT2D eigenvalue weighted by atomic mass is 9.63. The highest BCUT2D eigenvalue weighted by Crippen LogP contribution is 2.49. The minimum absolute atomic E-state index is 0.166. The Kier molecular flexibility index (Phi) is 2.89. The number of fused-ring (bicyclic) bond motifs is 1. The number of imide groups is 1. The summed E-state index contributed by atoms with van der Waals surface area (Å²) in [4.78, 5) is 25.1. The van der Waals surface area contributed by atoms with Crippen molar-refractivity contribution in [3.8, 4) is 5.75 Å². The van der Waals surface area contributed by atoms with Gasteiger partial charge in [-0.1, -0.05) is 12.2 Å². The fourth-order valence-corrected chi connectivity index (χ4v) is 3.86. The number of phenolic OH excluding ortho intramolecular Hbond substituents is 1. The van der Waals surface area contributed by atoms with Crippen molar-refractivity contribution < 1.29 is 14.7 Å². The van der Waals surface area contributed by atoms with Crippen LogP contribution in [0.4, 0.5) is 0 Å². The van der Waals surface area contributed by atoms with Gasteiger partial charge in [0.05, 0.1) is 18.1 Å². The molecule has 3 aliphatic carbocycles. The predicted octanol–water partition coefficient (Wildman–Crippen LogP) is 1.92. The highest BCUT2D eigenvalue weighted by Gasteiger charge is 2.56. The number of benzene rings is 1. The maximum absolute atomic E-state index is 12.5. The Balaban J connectivity index is 1.60. The maximum atomic E-state index is 12.5. The first-order valence-corrected chi connectivity index (χ1v) is 7.54. The first-order valence-electron chi connectivity index (χ1n) is 7.54. The second kappa shape index (κ2) is 4.80. The summed E-state index contributed by atoms with van der Waals surface area (Å²) in [5.74, 6) is -0.283. The molecule has 0 spiro atoms. The molecule has 1 aromatic rings. The van der Waals surface area contributed by atoms with Crippen LogP contribution >= 0.6 is 0 Å². The average Bonchev–Trinajstić information content (AvgIpc) is 2.82. The number of hydrogen-bond acceptors (Lipinski definition) is 4. The first kappa shape index (κ1) is 13.2. The Labute approximate surface area is 127 Å². The Morgan fingerprint density at radius 1 is 1.00 bits per heavy atom. The topological polar surface area (TPSA) is 70.0 Å². The van der Waals surface area contributed by atoms with Gasteiger partial charge in [0.25, 0.3) is 11.8 Å². The van der Waals surface area contributed by atoms with E-state index in [0.717, 1.165) is 23.4 Å². The molecule has 4 atom stereocenters. The third kappa shape index (κ3) is 1.89. The summed E-state index contributed by atoms with van der Waals surface area (Å²) in [6.45, 7) is 0. The van der Waals surface area contributed by atoms with Crippen LogP contribution in [0.1, 0.15) is 18.4 Å². The minimum atomic E-state index is -0.229. The lowest BCUT2D eigenvalue weighted by Gasteiger charge is -2.37.